The van der Waals surface area contributed by atoms with Gasteiger partial charge in [-0.25, -0.2) is 0 Å². The van der Waals surface area contributed by atoms with E-state index >= 15 is 0 Å². The first kappa shape index (κ1) is 20.5. The summed E-state index contributed by atoms with van der Waals surface area (Å²) < 4.78 is 6.47. The molecule has 6 nitrogen and oxygen atoms in total. The summed E-state index contributed by atoms with van der Waals surface area (Å²) in [6.45, 7) is 4.03. The van der Waals surface area contributed by atoms with E-state index in [1.165, 1.54) is 0 Å². The molecule has 1 aliphatic heterocycles. The predicted octanol–water partition coefficient (Wildman–Crippen LogP) is 3.79. The fourth-order valence-corrected chi connectivity index (χ4v) is 3.61. The highest BCUT2D eigenvalue weighted by atomic mass is 79.9. The van der Waals surface area contributed by atoms with Crippen molar-refractivity contribution in [2.45, 2.75) is 6.92 Å². The molecule has 0 aliphatic carbocycles. The second kappa shape index (κ2) is 9.30. The number of nitrogens with zero attached hydrogens (tertiary/aromatic N) is 2. The normalized spacial score (nSPS) is 14.0. The van der Waals surface area contributed by atoms with E-state index in [1.54, 1.807) is 36.1 Å². The molecule has 8 heteroatoms. The number of amides is 2. The molecule has 2 aromatic rings. The van der Waals surface area contributed by atoms with Crippen LogP contribution in [0.25, 0.3) is 0 Å². The number of rotatable bonds is 5. The molecular weight excluding hydrogens is 446 g/mol. The Hall–Kier alpha value is -2.25. The minimum Gasteiger partial charge on any atom is -0.484 e. The highest BCUT2D eigenvalue weighted by Gasteiger charge is 2.23. The Kier molecular flexibility index (Phi) is 6.80. The molecule has 0 radical (unpaired) electrons. The van der Waals surface area contributed by atoms with Gasteiger partial charge in [0.2, 0.25) is 5.91 Å². The van der Waals surface area contributed by atoms with Crippen LogP contribution in [0.1, 0.15) is 6.92 Å². The zero-order valence-corrected chi connectivity index (χ0v) is 17.8. The molecule has 3 rings (SSSR count). The Morgan fingerprint density at radius 1 is 1.11 bits per heavy atom. The number of anilines is 2. The van der Waals surface area contributed by atoms with E-state index in [1.807, 2.05) is 18.2 Å². The topological polar surface area (TPSA) is 61.9 Å². The van der Waals surface area contributed by atoms with E-state index in [-0.39, 0.29) is 18.4 Å². The Bertz CT molecular complexity index is 852. The summed E-state index contributed by atoms with van der Waals surface area (Å²) >= 11 is 9.78. The van der Waals surface area contributed by atoms with Crippen LogP contribution in [-0.4, -0.2) is 49.5 Å². The largest absolute Gasteiger partial charge is 0.484 e. The van der Waals surface area contributed by atoms with E-state index in [4.69, 9.17) is 16.3 Å². The summed E-state index contributed by atoms with van der Waals surface area (Å²) in [5.74, 6) is 0.413. The lowest BCUT2D eigenvalue weighted by molar-refractivity contribution is -0.129. The number of hydrogen-bond acceptors (Lipinski definition) is 4. The molecule has 0 spiro atoms. The molecule has 1 fully saturated rings. The Morgan fingerprint density at radius 3 is 2.43 bits per heavy atom. The Balaban J connectivity index is 1.65. The van der Waals surface area contributed by atoms with Crippen molar-refractivity contribution in [3.8, 4) is 5.75 Å². The van der Waals surface area contributed by atoms with Crippen LogP contribution in [0.4, 0.5) is 11.4 Å². The number of para-hydroxylation sites is 1. The standard InChI is InChI=1S/C20H21BrClN3O3/c1-14(26)24-9-11-25(12-10-24)20-17(22)3-2-4-18(20)23-19(27)13-28-16-7-5-15(21)6-8-16/h2-8H,9-13H2,1H3,(H,23,27). The van der Waals surface area contributed by atoms with Crippen LogP contribution in [0.2, 0.25) is 5.02 Å². The first-order valence-electron chi connectivity index (χ1n) is 8.91. The maximum Gasteiger partial charge on any atom is 0.262 e. The third kappa shape index (κ3) is 5.17. The molecule has 0 saturated carbocycles. The monoisotopic (exact) mass is 465 g/mol. The molecule has 2 aromatic carbocycles. The van der Waals surface area contributed by atoms with Crippen molar-refractivity contribution in [3.63, 3.8) is 0 Å². The van der Waals surface area contributed by atoms with Crippen LogP contribution in [-0.2, 0) is 9.59 Å². The number of nitrogens with one attached hydrogen (secondary N) is 1. The second-order valence-corrected chi connectivity index (χ2v) is 7.74. The molecule has 1 heterocycles. The minimum absolute atomic E-state index is 0.0671. The van der Waals surface area contributed by atoms with Gasteiger partial charge >= 0.3 is 0 Å². The zero-order chi connectivity index (χ0) is 20.1. The van der Waals surface area contributed by atoms with Crippen LogP contribution >= 0.6 is 27.5 Å². The van der Waals surface area contributed by atoms with Gasteiger partial charge in [0.1, 0.15) is 5.75 Å². The average molecular weight is 467 g/mol. The van der Waals surface area contributed by atoms with Crippen LogP contribution in [0, 0.1) is 0 Å². The first-order chi connectivity index (χ1) is 13.4. The quantitative estimate of drug-likeness (QED) is 0.728. The molecule has 1 N–H and O–H groups in total. The summed E-state index contributed by atoms with van der Waals surface area (Å²) in [5, 5.41) is 3.44. The Labute approximate surface area is 177 Å². The molecule has 1 aliphatic rings. The van der Waals surface area contributed by atoms with Crippen molar-refractivity contribution < 1.29 is 14.3 Å². The number of benzene rings is 2. The molecular formula is C20H21BrClN3O3. The van der Waals surface area contributed by atoms with Crippen molar-refractivity contribution in [3.05, 3.63) is 52.0 Å². The van der Waals surface area contributed by atoms with Gasteiger partial charge in [-0.15, -0.1) is 0 Å². The van der Waals surface area contributed by atoms with E-state index in [2.05, 4.69) is 26.1 Å². The van der Waals surface area contributed by atoms with E-state index in [0.29, 0.717) is 42.6 Å². The van der Waals surface area contributed by atoms with Gasteiger partial charge < -0.3 is 19.9 Å². The molecule has 0 aromatic heterocycles. The highest BCUT2D eigenvalue weighted by Crippen LogP contribution is 2.34. The van der Waals surface area contributed by atoms with Crippen LogP contribution in [0.15, 0.2) is 46.9 Å². The molecule has 0 bridgehead atoms. The fraction of sp³-hybridized carbons (Fsp3) is 0.300. The maximum atomic E-state index is 12.4. The van der Waals surface area contributed by atoms with E-state index in [0.717, 1.165) is 10.2 Å². The first-order valence-corrected chi connectivity index (χ1v) is 10.1. The maximum absolute atomic E-state index is 12.4. The zero-order valence-electron chi connectivity index (χ0n) is 15.5. The lowest BCUT2D eigenvalue weighted by atomic mass is 10.2. The number of carbonyl (C=O) groups is 2. The van der Waals surface area contributed by atoms with Crippen molar-refractivity contribution in [2.24, 2.45) is 0 Å². The number of hydrogen-bond donors (Lipinski definition) is 1. The van der Waals surface area contributed by atoms with Crippen molar-refractivity contribution in [1.29, 1.82) is 0 Å². The van der Waals surface area contributed by atoms with Gasteiger partial charge in [0.15, 0.2) is 6.61 Å². The van der Waals surface area contributed by atoms with Crippen LogP contribution in [0.3, 0.4) is 0 Å². The van der Waals surface area contributed by atoms with Crippen LogP contribution < -0.4 is 15.0 Å². The lowest BCUT2D eigenvalue weighted by Crippen LogP contribution is -2.48. The smallest absolute Gasteiger partial charge is 0.262 e. The minimum atomic E-state index is -0.270. The second-order valence-electron chi connectivity index (χ2n) is 6.42. The van der Waals surface area contributed by atoms with Gasteiger partial charge in [0.05, 0.1) is 16.4 Å². The van der Waals surface area contributed by atoms with Gasteiger partial charge in [0.25, 0.3) is 5.91 Å². The van der Waals surface area contributed by atoms with Gasteiger partial charge in [-0.1, -0.05) is 33.6 Å². The molecule has 28 heavy (non-hydrogen) atoms. The van der Waals surface area contributed by atoms with Crippen molar-refractivity contribution in [2.75, 3.05) is 43.0 Å². The van der Waals surface area contributed by atoms with Crippen molar-refractivity contribution in [1.82, 2.24) is 4.90 Å². The molecule has 148 valence electrons. The molecule has 1 saturated heterocycles. The summed E-state index contributed by atoms with van der Waals surface area (Å²) in [7, 11) is 0. The Morgan fingerprint density at radius 2 is 1.79 bits per heavy atom. The number of carbonyl (C=O) groups excluding carboxylic acids is 2. The SMILES string of the molecule is CC(=O)N1CCN(c2c(Cl)cccc2NC(=O)COc2ccc(Br)cc2)CC1. The molecule has 2 amide bonds. The number of halogens is 2. The highest BCUT2D eigenvalue weighted by molar-refractivity contribution is 9.10. The fourth-order valence-electron chi connectivity index (χ4n) is 3.05. The average Bonchev–Trinajstić information content (AvgIpc) is 2.68. The van der Waals surface area contributed by atoms with Gasteiger partial charge in [-0.2, -0.15) is 0 Å². The molecule has 0 unspecified atom stereocenters. The summed E-state index contributed by atoms with van der Waals surface area (Å²) in [6, 6.07) is 12.7. The van der Waals surface area contributed by atoms with E-state index < -0.39 is 0 Å². The van der Waals surface area contributed by atoms with Crippen LogP contribution in [0.5, 0.6) is 5.75 Å². The van der Waals surface area contributed by atoms with Crippen molar-refractivity contribution >= 4 is 50.7 Å². The van der Waals surface area contributed by atoms with Gasteiger partial charge in [-0.3, -0.25) is 9.59 Å². The van der Waals surface area contributed by atoms with Gasteiger partial charge in [-0.05, 0) is 36.4 Å². The summed E-state index contributed by atoms with van der Waals surface area (Å²) in [5.41, 5.74) is 1.40. The van der Waals surface area contributed by atoms with Gasteiger partial charge in [0, 0.05) is 37.6 Å². The lowest BCUT2D eigenvalue weighted by Gasteiger charge is -2.36. The number of ether oxygens (including phenoxy) is 1. The molecule has 0 atom stereocenters. The predicted molar refractivity (Wildman–Crippen MR) is 114 cm³/mol. The number of piperazine rings is 1. The third-order valence-corrected chi connectivity index (χ3v) is 5.32. The third-order valence-electron chi connectivity index (χ3n) is 4.49. The summed E-state index contributed by atoms with van der Waals surface area (Å²) in [6.07, 6.45) is 0. The summed E-state index contributed by atoms with van der Waals surface area (Å²) in [4.78, 5) is 27.8. The van der Waals surface area contributed by atoms with E-state index in [9.17, 15) is 9.59 Å².